The van der Waals surface area contributed by atoms with E-state index >= 15 is 0 Å². The molecule has 2 rings (SSSR count). The van der Waals surface area contributed by atoms with Crippen LogP contribution in [-0.4, -0.2) is 46.1 Å². The molecule has 0 saturated carbocycles. The highest BCUT2D eigenvalue weighted by Crippen LogP contribution is 2.26. The molecule has 0 radical (unpaired) electrons. The van der Waals surface area contributed by atoms with Gasteiger partial charge in [0.25, 0.3) is 10.0 Å². The monoisotopic (exact) mass is 302 g/mol. The molecule has 1 aliphatic rings. The Balaban J connectivity index is 2.17. The molecule has 0 amide bonds. The predicted octanol–water partition coefficient (Wildman–Crippen LogP) is 1.04. The summed E-state index contributed by atoms with van der Waals surface area (Å²) < 4.78 is 37.3. The zero-order chi connectivity index (χ0) is 14.8. The molecule has 1 aromatic heterocycles. The van der Waals surface area contributed by atoms with Crippen molar-refractivity contribution in [3.63, 3.8) is 0 Å². The number of hydrogen-bond acceptors (Lipinski definition) is 5. The third kappa shape index (κ3) is 3.06. The number of sulfonamides is 1. The Morgan fingerprint density at radius 3 is 2.90 bits per heavy atom. The summed E-state index contributed by atoms with van der Waals surface area (Å²) in [6.45, 7) is 3.47. The minimum atomic E-state index is -3.57. The Labute approximate surface area is 120 Å². The average Bonchev–Trinajstić information content (AvgIpc) is 2.89. The molecular formula is C13H22N2O4S. The first kappa shape index (κ1) is 15.5. The van der Waals surface area contributed by atoms with Gasteiger partial charge in [-0.25, -0.2) is 8.42 Å². The van der Waals surface area contributed by atoms with Gasteiger partial charge in [-0.1, -0.05) is 6.92 Å². The quantitative estimate of drug-likeness (QED) is 0.880. The molecule has 114 valence electrons. The van der Waals surface area contributed by atoms with E-state index < -0.39 is 10.0 Å². The molecule has 1 aromatic rings. The third-order valence-corrected chi connectivity index (χ3v) is 5.48. The van der Waals surface area contributed by atoms with Gasteiger partial charge in [0, 0.05) is 20.2 Å². The molecule has 2 unspecified atom stereocenters. The smallest absolute Gasteiger partial charge is 0.276 e. The van der Waals surface area contributed by atoms with Crippen LogP contribution in [0.5, 0.6) is 0 Å². The fourth-order valence-corrected chi connectivity index (χ4v) is 3.82. The summed E-state index contributed by atoms with van der Waals surface area (Å²) in [7, 11) is -0.163. The molecule has 1 saturated heterocycles. The predicted molar refractivity (Wildman–Crippen MR) is 74.8 cm³/mol. The van der Waals surface area contributed by atoms with Crippen molar-refractivity contribution < 1.29 is 17.6 Å². The van der Waals surface area contributed by atoms with Crippen LogP contribution in [0.3, 0.4) is 0 Å². The van der Waals surface area contributed by atoms with Crippen molar-refractivity contribution in [2.45, 2.75) is 31.1 Å². The molecule has 0 bridgehead atoms. The van der Waals surface area contributed by atoms with E-state index in [-0.39, 0.29) is 11.2 Å². The molecule has 7 heteroatoms. The Morgan fingerprint density at radius 2 is 2.25 bits per heavy atom. The van der Waals surface area contributed by atoms with Gasteiger partial charge in [0.1, 0.15) is 5.76 Å². The normalized spacial score (nSPS) is 24.9. The highest BCUT2D eigenvalue weighted by atomic mass is 32.2. The number of hydrogen-bond donors (Lipinski definition) is 1. The topological polar surface area (TPSA) is 71.8 Å². The standard InChI is InChI=1S/C13H22N2O4S/c1-10-6-7-15(9-12(10)18-3)20(16,17)13-5-4-11(19-13)8-14-2/h4-5,10,12,14H,6-9H2,1-3H3. The third-order valence-electron chi connectivity index (χ3n) is 3.74. The van der Waals surface area contributed by atoms with Crippen LogP contribution in [0, 0.1) is 5.92 Å². The van der Waals surface area contributed by atoms with Crippen molar-refractivity contribution in [1.82, 2.24) is 9.62 Å². The van der Waals surface area contributed by atoms with Crippen LogP contribution in [0.2, 0.25) is 0 Å². The number of nitrogens with zero attached hydrogens (tertiary/aromatic N) is 1. The maximum atomic E-state index is 12.5. The van der Waals surface area contributed by atoms with Crippen LogP contribution in [-0.2, 0) is 21.3 Å². The van der Waals surface area contributed by atoms with Gasteiger partial charge < -0.3 is 14.5 Å². The lowest BCUT2D eigenvalue weighted by molar-refractivity contribution is 0.0180. The van der Waals surface area contributed by atoms with Crippen LogP contribution < -0.4 is 5.32 Å². The molecule has 20 heavy (non-hydrogen) atoms. The van der Waals surface area contributed by atoms with E-state index in [2.05, 4.69) is 12.2 Å². The van der Waals surface area contributed by atoms with Gasteiger partial charge in [0.2, 0.25) is 5.09 Å². The summed E-state index contributed by atoms with van der Waals surface area (Å²) in [5.41, 5.74) is 0. The second-order valence-corrected chi connectivity index (χ2v) is 7.02. The number of rotatable bonds is 5. The maximum absolute atomic E-state index is 12.5. The average molecular weight is 302 g/mol. The van der Waals surface area contributed by atoms with Gasteiger partial charge in [0.05, 0.1) is 12.6 Å². The van der Waals surface area contributed by atoms with E-state index in [1.165, 1.54) is 10.4 Å². The molecule has 0 aromatic carbocycles. The highest BCUT2D eigenvalue weighted by Gasteiger charge is 2.35. The molecule has 1 fully saturated rings. The molecule has 0 aliphatic carbocycles. The lowest BCUT2D eigenvalue weighted by Gasteiger charge is -2.34. The Hall–Kier alpha value is -0.890. The molecule has 1 N–H and O–H groups in total. The van der Waals surface area contributed by atoms with E-state index in [4.69, 9.17) is 9.15 Å². The second-order valence-electron chi connectivity index (χ2n) is 5.15. The van der Waals surface area contributed by atoms with Crippen molar-refractivity contribution in [1.29, 1.82) is 0 Å². The Kier molecular flexibility index (Phi) is 4.85. The van der Waals surface area contributed by atoms with Gasteiger partial charge >= 0.3 is 0 Å². The first-order valence-electron chi connectivity index (χ1n) is 6.75. The Morgan fingerprint density at radius 1 is 1.50 bits per heavy atom. The van der Waals surface area contributed by atoms with Gasteiger partial charge in [-0.3, -0.25) is 0 Å². The van der Waals surface area contributed by atoms with E-state index in [9.17, 15) is 8.42 Å². The molecular weight excluding hydrogens is 280 g/mol. The molecule has 2 heterocycles. The number of piperidine rings is 1. The maximum Gasteiger partial charge on any atom is 0.276 e. The van der Waals surface area contributed by atoms with Crippen molar-refractivity contribution in [2.24, 2.45) is 5.92 Å². The zero-order valence-electron chi connectivity index (χ0n) is 12.1. The summed E-state index contributed by atoms with van der Waals surface area (Å²) in [6.07, 6.45) is 0.729. The number of furan rings is 1. The van der Waals surface area contributed by atoms with E-state index in [0.717, 1.165) is 6.42 Å². The van der Waals surface area contributed by atoms with E-state index in [1.807, 2.05) is 0 Å². The molecule has 2 atom stereocenters. The van der Waals surface area contributed by atoms with Crippen LogP contribution >= 0.6 is 0 Å². The van der Waals surface area contributed by atoms with Gasteiger partial charge in [-0.15, -0.1) is 0 Å². The lowest BCUT2D eigenvalue weighted by atomic mass is 9.97. The Bertz CT molecular complexity index is 540. The number of nitrogens with one attached hydrogen (secondary N) is 1. The van der Waals surface area contributed by atoms with Crippen LogP contribution in [0.25, 0.3) is 0 Å². The van der Waals surface area contributed by atoms with Crippen LogP contribution in [0.4, 0.5) is 0 Å². The van der Waals surface area contributed by atoms with Crippen molar-refractivity contribution in [3.8, 4) is 0 Å². The van der Waals surface area contributed by atoms with Gasteiger partial charge in [0.15, 0.2) is 0 Å². The number of ether oxygens (including phenoxy) is 1. The summed E-state index contributed by atoms with van der Waals surface area (Å²) in [5, 5.41) is 2.93. The second kappa shape index (κ2) is 6.26. The molecule has 0 spiro atoms. The zero-order valence-corrected chi connectivity index (χ0v) is 12.9. The van der Waals surface area contributed by atoms with Crippen molar-refractivity contribution >= 4 is 10.0 Å². The fraction of sp³-hybridized carbons (Fsp3) is 0.692. The van der Waals surface area contributed by atoms with Crippen LogP contribution in [0.15, 0.2) is 21.6 Å². The van der Waals surface area contributed by atoms with Gasteiger partial charge in [-0.2, -0.15) is 4.31 Å². The minimum Gasteiger partial charge on any atom is -0.447 e. The first-order chi connectivity index (χ1) is 9.48. The summed E-state index contributed by atoms with van der Waals surface area (Å²) in [6, 6.07) is 3.20. The molecule has 6 nitrogen and oxygen atoms in total. The minimum absolute atomic E-state index is 0.00663. The molecule has 1 aliphatic heterocycles. The van der Waals surface area contributed by atoms with Crippen molar-refractivity contribution in [3.05, 3.63) is 17.9 Å². The largest absolute Gasteiger partial charge is 0.447 e. The van der Waals surface area contributed by atoms with E-state index in [0.29, 0.717) is 31.3 Å². The van der Waals surface area contributed by atoms with Crippen LogP contribution in [0.1, 0.15) is 19.1 Å². The van der Waals surface area contributed by atoms with Crippen molar-refractivity contribution in [2.75, 3.05) is 27.2 Å². The highest BCUT2D eigenvalue weighted by molar-refractivity contribution is 7.89. The van der Waals surface area contributed by atoms with Gasteiger partial charge in [-0.05, 0) is 31.5 Å². The first-order valence-corrected chi connectivity index (χ1v) is 8.19. The lowest BCUT2D eigenvalue weighted by Crippen LogP contribution is -2.46. The summed E-state index contributed by atoms with van der Waals surface area (Å²) in [4.78, 5) is 0. The number of methoxy groups -OCH3 is 1. The SMILES string of the molecule is CNCc1ccc(S(=O)(=O)N2CCC(C)C(OC)C2)o1. The van der Waals surface area contributed by atoms with E-state index in [1.54, 1.807) is 20.2 Å². The summed E-state index contributed by atoms with van der Waals surface area (Å²) in [5.74, 6) is 0.975. The summed E-state index contributed by atoms with van der Waals surface area (Å²) >= 11 is 0. The fourth-order valence-electron chi connectivity index (χ4n) is 2.42.